The minimum Gasteiger partial charge on any atom is -0.376 e. The van der Waals surface area contributed by atoms with Crippen LogP contribution in [0.2, 0.25) is 0 Å². The summed E-state index contributed by atoms with van der Waals surface area (Å²) in [5, 5.41) is 0. The van der Waals surface area contributed by atoms with E-state index in [0.717, 1.165) is 0 Å². The molecule has 2 heterocycles. The lowest BCUT2D eigenvalue weighted by atomic mass is 9.76. The SMILES string of the molecule is COCO[C@H]1COC[C@]2(c3ccccc3F)NOC[C@H]12. The van der Waals surface area contributed by atoms with Crippen molar-refractivity contribution in [2.75, 3.05) is 33.7 Å². The summed E-state index contributed by atoms with van der Waals surface area (Å²) in [7, 11) is 1.57. The van der Waals surface area contributed by atoms with Gasteiger partial charge in [0.1, 0.15) is 18.1 Å². The second-order valence-corrected chi connectivity index (χ2v) is 5.10. The standard InChI is InChI=1S/C14H18FNO4/c1-17-9-19-13-7-18-8-14(11(13)6-20-16-14)10-4-2-3-5-12(10)15/h2-5,11,13,16H,6-9H2,1H3/t11-,13+,14-/m1/s1. The van der Waals surface area contributed by atoms with Crippen molar-refractivity contribution >= 4 is 0 Å². The second kappa shape index (κ2) is 5.75. The van der Waals surface area contributed by atoms with E-state index >= 15 is 0 Å². The first-order valence-electron chi connectivity index (χ1n) is 6.60. The van der Waals surface area contributed by atoms with Crippen LogP contribution >= 0.6 is 0 Å². The van der Waals surface area contributed by atoms with Crippen molar-refractivity contribution in [2.24, 2.45) is 5.92 Å². The molecule has 2 aliphatic rings. The minimum atomic E-state index is -0.706. The Hall–Kier alpha value is -1.05. The number of benzene rings is 1. The Morgan fingerprint density at radius 1 is 1.40 bits per heavy atom. The van der Waals surface area contributed by atoms with E-state index in [1.165, 1.54) is 6.07 Å². The topological polar surface area (TPSA) is 49.0 Å². The maximum absolute atomic E-state index is 14.2. The Morgan fingerprint density at radius 2 is 2.25 bits per heavy atom. The fourth-order valence-electron chi connectivity index (χ4n) is 2.97. The van der Waals surface area contributed by atoms with E-state index in [0.29, 0.717) is 25.4 Å². The summed E-state index contributed by atoms with van der Waals surface area (Å²) in [5.74, 6) is -0.296. The number of hydroxylamine groups is 1. The molecule has 3 rings (SSSR count). The smallest absolute Gasteiger partial charge is 0.146 e. The van der Waals surface area contributed by atoms with Crippen LogP contribution in [-0.2, 0) is 24.6 Å². The third kappa shape index (κ3) is 2.23. The molecule has 0 bridgehead atoms. The molecule has 0 unspecified atom stereocenters. The van der Waals surface area contributed by atoms with Gasteiger partial charge in [-0.1, -0.05) is 18.2 Å². The summed E-state index contributed by atoms with van der Waals surface area (Å²) < 4.78 is 30.4. The summed E-state index contributed by atoms with van der Waals surface area (Å²) in [6, 6.07) is 6.68. The zero-order chi connectivity index (χ0) is 14.0. The van der Waals surface area contributed by atoms with Crippen LogP contribution in [0.25, 0.3) is 0 Å². The molecule has 0 aliphatic carbocycles. The molecular weight excluding hydrogens is 265 g/mol. The Morgan fingerprint density at radius 3 is 3.05 bits per heavy atom. The monoisotopic (exact) mass is 283 g/mol. The average molecular weight is 283 g/mol. The van der Waals surface area contributed by atoms with Crippen LogP contribution in [-0.4, -0.2) is 39.8 Å². The molecule has 20 heavy (non-hydrogen) atoms. The highest BCUT2D eigenvalue weighted by atomic mass is 19.1. The highest BCUT2D eigenvalue weighted by molar-refractivity contribution is 5.29. The number of hydrogen-bond acceptors (Lipinski definition) is 5. The maximum Gasteiger partial charge on any atom is 0.146 e. The molecule has 1 aromatic rings. The Kier molecular flexibility index (Phi) is 4.00. The van der Waals surface area contributed by atoms with Crippen molar-refractivity contribution in [1.29, 1.82) is 0 Å². The number of ether oxygens (including phenoxy) is 3. The van der Waals surface area contributed by atoms with E-state index in [-0.39, 0.29) is 24.6 Å². The first-order chi connectivity index (χ1) is 9.78. The van der Waals surface area contributed by atoms with E-state index in [4.69, 9.17) is 19.0 Å². The van der Waals surface area contributed by atoms with E-state index < -0.39 is 5.54 Å². The van der Waals surface area contributed by atoms with Crippen LogP contribution in [0.3, 0.4) is 0 Å². The van der Waals surface area contributed by atoms with Crippen LogP contribution in [0.1, 0.15) is 5.56 Å². The molecule has 0 aromatic heterocycles. The van der Waals surface area contributed by atoms with E-state index in [9.17, 15) is 4.39 Å². The molecule has 5 nitrogen and oxygen atoms in total. The van der Waals surface area contributed by atoms with Gasteiger partial charge in [-0.2, -0.15) is 5.48 Å². The lowest BCUT2D eigenvalue weighted by molar-refractivity contribution is -0.158. The molecule has 6 heteroatoms. The Labute approximate surface area is 116 Å². The quantitative estimate of drug-likeness (QED) is 0.841. The third-order valence-electron chi connectivity index (χ3n) is 3.97. The van der Waals surface area contributed by atoms with Gasteiger partial charge < -0.3 is 19.0 Å². The van der Waals surface area contributed by atoms with Gasteiger partial charge in [-0.3, -0.25) is 0 Å². The Balaban J connectivity index is 1.92. The van der Waals surface area contributed by atoms with Gasteiger partial charge in [-0.15, -0.1) is 0 Å². The molecular formula is C14H18FNO4. The summed E-state index contributed by atoms with van der Waals surface area (Å²) in [6.45, 7) is 1.44. The fourth-order valence-corrected chi connectivity index (χ4v) is 2.97. The highest BCUT2D eigenvalue weighted by Gasteiger charge is 2.53. The number of hydrogen-bond donors (Lipinski definition) is 1. The van der Waals surface area contributed by atoms with Crippen LogP contribution in [0.5, 0.6) is 0 Å². The van der Waals surface area contributed by atoms with E-state index in [1.54, 1.807) is 19.2 Å². The molecule has 0 spiro atoms. The largest absolute Gasteiger partial charge is 0.376 e. The van der Waals surface area contributed by atoms with Crippen LogP contribution < -0.4 is 5.48 Å². The van der Waals surface area contributed by atoms with Gasteiger partial charge in [0.05, 0.1) is 25.9 Å². The number of rotatable bonds is 4. The highest BCUT2D eigenvalue weighted by Crippen LogP contribution is 2.41. The van der Waals surface area contributed by atoms with Gasteiger partial charge in [0, 0.05) is 18.6 Å². The fraction of sp³-hybridized carbons (Fsp3) is 0.571. The van der Waals surface area contributed by atoms with Gasteiger partial charge in [-0.25, -0.2) is 4.39 Å². The first kappa shape index (κ1) is 13.9. The molecule has 3 atom stereocenters. The van der Waals surface area contributed by atoms with Crippen LogP contribution in [0, 0.1) is 11.7 Å². The zero-order valence-corrected chi connectivity index (χ0v) is 11.3. The summed E-state index contributed by atoms with van der Waals surface area (Å²) >= 11 is 0. The zero-order valence-electron chi connectivity index (χ0n) is 11.3. The molecule has 0 saturated carbocycles. The molecule has 2 fully saturated rings. The molecule has 2 saturated heterocycles. The summed E-state index contributed by atoms with van der Waals surface area (Å²) in [6.07, 6.45) is -0.196. The third-order valence-corrected chi connectivity index (χ3v) is 3.97. The summed E-state index contributed by atoms with van der Waals surface area (Å²) in [4.78, 5) is 5.40. The van der Waals surface area contributed by atoms with E-state index in [1.807, 2.05) is 6.07 Å². The number of nitrogens with one attached hydrogen (secondary N) is 1. The molecule has 0 amide bonds. The van der Waals surface area contributed by atoms with Gasteiger partial charge in [-0.05, 0) is 6.07 Å². The molecule has 110 valence electrons. The average Bonchev–Trinajstić information content (AvgIpc) is 2.91. The van der Waals surface area contributed by atoms with Crippen molar-refractivity contribution in [3.8, 4) is 0 Å². The lowest BCUT2D eigenvalue weighted by Crippen LogP contribution is -2.56. The first-order valence-corrected chi connectivity index (χ1v) is 6.60. The van der Waals surface area contributed by atoms with Gasteiger partial charge in [0.25, 0.3) is 0 Å². The van der Waals surface area contributed by atoms with Crippen molar-refractivity contribution in [3.63, 3.8) is 0 Å². The molecule has 1 aromatic carbocycles. The normalized spacial score (nSPS) is 33.1. The van der Waals surface area contributed by atoms with Gasteiger partial charge in [0.15, 0.2) is 0 Å². The van der Waals surface area contributed by atoms with Crippen molar-refractivity contribution in [1.82, 2.24) is 5.48 Å². The molecule has 1 N–H and O–H groups in total. The number of halogens is 1. The summed E-state index contributed by atoms with van der Waals surface area (Å²) in [5.41, 5.74) is 2.79. The van der Waals surface area contributed by atoms with Crippen molar-refractivity contribution in [3.05, 3.63) is 35.6 Å². The number of fused-ring (bicyclic) bond motifs is 1. The second-order valence-electron chi connectivity index (χ2n) is 5.10. The molecule has 0 radical (unpaired) electrons. The lowest BCUT2D eigenvalue weighted by Gasteiger charge is -2.41. The van der Waals surface area contributed by atoms with Crippen molar-refractivity contribution < 1.29 is 23.4 Å². The van der Waals surface area contributed by atoms with Crippen molar-refractivity contribution in [2.45, 2.75) is 11.6 Å². The number of methoxy groups -OCH3 is 1. The Bertz CT molecular complexity index is 472. The van der Waals surface area contributed by atoms with E-state index in [2.05, 4.69) is 5.48 Å². The minimum absolute atomic E-state index is 0.0247. The predicted octanol–water partition coefficient (Wildman–Crippen LogP) is 1.19. The van der Waals surface area contributed by atoms with Crippen LogP contribution in [0.15, 0.2) is 24.3 Å². The molecule has 2 aliphatic heterocycles. The van der Waals surface area contributed by atoms with Gasteiger partial charge in [0.2, 0.25) is 0 Å². The maximum atomic E-state index is 14.2. The predicted molar refractivity (Wildman–Crippen MR) is 68.2 cm³/mol. The van der Waals surface area contributed by atoms with Gasteiger partial charge >= 0.3 is 0 Å². The van der Waals surface area contributed by atoms with Crippen LogP contribution in [0.4, 0.5) is 4.39 Å².